The summed E-state index contributed by atoms with van der Waals surface area (Å²) in [4.78, 5) is 2.36. The molecule has 0 aromatic carbocycles. The van der Waals surface area contributed by atoms with E-state index in [9.17, 15) is 8.42 Å². The zero-order valence-electron chi connectivity index (χ0n) is 9.82. The van der Waals surface area contributed by atoms with Crippen molar-refractivity contribution in [2.24, 2.45) is 0 Å². The average molecular weight is 289 g/mol. The van der Waals surface area contributed by atoms with E-state index in [1.54, 1.807) is 0 Å². The fraction of sp³-hybridized carbons (Fsp3) is 0.778. The highest BCUT2D eigenvalue weighted by atomic mass is 32.2. The van der Waals surface area contributed by atoms with Gasteiger partial charge in [0.1, 0.15) is 0 Å². The van der Waals surface area contributed by atoms with Gasteiger partial charge in [0, 0.05) is 32.2 Å². The van der Waals surface area contributed by atoms with Gasteiger partial charge < -0.3 is 5.73 Å². The lowest BCUT2D eigenvalue weighted by atomic mass is 10.3. The Balaban J connectivity index is 1.71. The molecule has 1 aromatic heterocycles. The number of hydrogen-bond donors (Lipinski definition) is 1. The largest absolute Gasteiger partial charge is 0.374 e. The summed E-state index contributed by atoms with van der Waals surface area (Å²) in [5, 5.41) is 7.38. The van der Waals surface area contributed by atoms with Crippen molar-refractivity contribution in [3.63, 3.8) is 0 Å². The van der Waals surface area contributed by atoms with Crippen molar-refractivity contribution in [2.75, 3.05) is 31.9 Å². The van der Waals surface area contributed by atoms with E-state index < -0.39 is 10.0 Å². The second-order valence-corrected chi connectivity index (χ2v) is 7.70. The van der Waals surface area contributed by atoms with Crippen LogP contribution in [0, 0.1) is 0 Å². The third kappa shape index (κ3) is 2.22. The predicted molar refractivity (Wildman–Crippen MR) is 67.7 cm³/mol. The minimum atomic E-state index is -3.50. The molecule has 100 valence electrons. The molecule has 0 spiro atoms. The highest BCUT2D eigenvalue weighted by molar-refractivity contribution is 7.91. The first kappa shape index (κ1) is 12.3. The number of sulfonamides is 1. The molecule has 1 saturated heterocycles. The molecular formula is C9H15N5O2S2. The van der Waals surface area contributed by atoms with Gasteiger partial charge in [0.2, 0.25) is 9.47 Å². The molecule has 0 bridgehead atoms. The molecule has 0 radical (unpaired) electrons. The maximum absolute atomic E-state index is 12.3. The topological polar surface area (TPSA) is 92.4 Å². The van der Waals surface area contributed by atoms with Crippen LogP contribution < -0.4 is 5.73 Å². The van der Waals surface area contributed by atoms with Gasteiger partial charge in [-0.15, -0.1) is 10.2 Å². The molecule has 9 heteroatoms. The molecule has 1 aliphatic carbocycles. The van der Waals surface area contributed by atoms with E-state index in [4.69, 9.17) is 5.73 Å². The van der Waals surface area contributed by atoms with Crippen molar-refractivity contribution in [3.05, 3.63) is 0 Å². The number of aromatic nitrogens is 2. The van der Waals surface area contributed by atoms with Crippen LogP contribution in [0.4, 0.5) is 5.13 Å². The monoisotopic (exact) mass is 289 g/mol. The van der Waals surface area contributed by atoms with Gasteiger partial charge in [-0.2, -0.15) is 4.31 Å². The lowest BCUT2D eigenvalue weighted by Gasteiger charge is -2.33. The van der Waals surface area contributed by atoms with Crippen molar-refractivity contribution in [2.45, 2.75) is 23.2 Å². The van der Waals surface area contributed by atoms with Crippen LogP contribution in [0.15, 0.2) is 4.34 Å². The molecule has 2 N–H and O–H groups in total. The van der Waals surface area contributed by atoms with Gasteiger partial charge in [0.25, 0.3) is 10.0 Å². The summed E-state index contributed by atoms with van der Waals surface area (Å²) in [6.07, 6.45) is 2.50. The van der Waals surface area contributed by atoms with E-state index in [1.807, 2.05) is 0 Å². The summed E-state index contributed by atoms with van der Waals surface area (Å²) >= 11 is 0.920. The predicted octanol–water partition coefficient (Wildman–Crippen LogP) is -0.411. The number of rotatable bonds is 3. The summed E-state index contributed by atoms with van der Waals surface area (Å²) in [5.41, 5.74) is 5.43. The molecule has 3 rings (SSSR count). The lowest BCUT2D eigenvalue weighted by molar-refractivity contribution is 0.180. The van der Waals surface area contributed by atoms with Crippen LogP contribution in [-0.4, -0.2) is 60.0 Å². The fourth-order valence-corrected chi connectivity index (χ4v) is 4.53. The SMILES string of the molecule is Nc1nnc(S(=O)(=O)N2CCN(C3CC3)CC2)s1. The Morgan fingerprint density at radius 2 is 1.83 bits per heavy atom. The Labute approximate surface area is 110 Å². The first-order valence-electron chi connectivity index (χ1n) is 5.90. The molecule has 1 aromatic rings. The van der Waals surface area contributed by atoms with Crippen LogP contribution in [0.5, 0.6) is 0 Å². The summed E-state index contributed by atoms with van der Waals surface area (Å²) < 4.78 is 26.0. The quantitative estimate of drug-likeness (QED) is 0.813. The number of nitrogen functional groups attached to an aromatic ring is 1. The molecule has 0 unspecified atom stereocenters. The fourth-order valence-electron chi connectivity index (χ4n) is 2.18. The summed E-state index contributed by atoms with van der Waals surface area (Å²) in [7, 11) is -3.50. The van der Waals surface area contributed by atoms with Gasteiger partial charge in [0.05, 0.1) is 0 Å². The van der Waals surface area contributed by atoms with Crippen LogP contribution in [-0.2, 0) is 10.0 Å². The van der Waals surface area contributed by atoms with E-state index in [1.165, 1.54) is 17.1 Å². The van der Waals surface area contributed by atoms with Crippen molar-refractivity contribution in [3.8, 4) is 0 Å². The second kappa shape index (κ2) is 4.41. The molecule has 0 amide bonds. The Morgan fingerprint density at radius 3 is 2.33 bits per heavy atom. The zero-order chi connectivity index (χ0) is 12.8. The molecule has 2 aliphatic rings. The van der Waals surface area contributed by atoms with Gasteiger partial charge in [0.15, 0.2) is 0 Å². The Morgan fingerprint density at radius 1 is 1.17 bits per heavy atom. The minimum absolute atomic E-state index is 0.000119. The molecule has 0 atom stereocenters. The van der Waals surface area contributed by atoms with Crippen LogP contribution in [0.2, 0.25) is 0 Å². The van der Waals surface area contributed by atoms with Gasteiger partial charge in [-0.3, -0.25) is 4.90 Å². The molecule has 2 fully saturated rings. The minimum Gasteiger partial charge on any atom is -0.374 e. The number of nitrogens with zero attached hydrogens (tertiary/aromatic N) is 4. The third-order valence-corrected chi connectivity index (χ3v) is 6.32. The van der Waals surface area contributed by atoms with Crippen molar-refractivity contribution in [1.29, 1.82) is 0 Å². The number of anilines is 1. The van der Waals surface area contributed by atoms with Crippen LogP contribution >= 0.6 is 11.3 Å². The van der Waals surface area contributed by atoms with Crippen LogP contribution in [0.3, 0.4) is 0 Å². The van der Waals surface area contributed by atoms with Gasteiger partial charge in [-0.05, 0) is 12.8 Å². The summed E-state index contributed by atoms with van der Waals surface area (Å²) in [5.74, 6) is 0. The highest BCUT2D eigenvalue weighted by Gasteiger charge is 2.36. The average Bonchev–Trinajstić information content (AvgIpc) is 3.11. The maximum atomic E-state index is 12.3. The smallest absolute Gasteiger partial charge is 0.272 e. The standard InChI is InChI=1S/C9H15N5O2S2/c10-8-11-12-9(17-8)18(15,16)14-5-3-13(4-6-14)7-1-2-7/h7H,1-6H2,(H2,10,11). The number of hydrogen-bond acceptors (Lipinski definition) is 7. The number of nitrogens with two attached hydrogens (primary N) is 1. The first-order valence-corrected chi connectivity index (χ1v) is 8.16. The van der Waals surface area contributed by atoms with E-state index in [0.29, 0.717) is 19.1 Å². The van der Waals surface area contributed by atoms with Gasteiger partial charge in [-0.25, -0.2) is 8.42 Å². The van der Waals surface area contributed by atoms with Crippen molar-refractivity contribution < 1.29 is 8.42 Å². The molecule has 2 heterocycles. The summed E-state index contributed by atoms with van der Waals surface area (Å²) in [6, 6.07) is 0.687. The molecular weight excluding hydrogens is 274 g/mol. The van der Waals surface area contributed by atoms with E-state index in [0.717, 1.165) is 24.4 Å². The van der Waals surface area contributed by atoms with Crippen molar-refractivity contribution >= 4 is 26.5 Å². The first-order chi connectivity index (χ1) is 8.57. The highest BCUT2D eigenvalue weighted by Crippen LogP contribution is 2.29. The lowest BCUT2D eigenvalue weighted by Crippen LogP contribution is -2.49. The molecule has 1 saturated carbocycles. The van der Waals surface area contributed by atoms with Gasteiger partial charge >= 0.3 is 0 Å². The third-order valence-electron chi connectivity index (χ3n) is 3.32. The van der Waals surface area contributed by atoms with E-state index in [2.05, 4.69) is 15.1 Å². The maximum Gasteiger partial charge on any atom is 0.272 e. The Kier molecular flexibility index (Phi) is 3.00. The number of piperazine rings is 1. The van der Waals surface area contributed by atoms with E-state index >= 15 is 0 Å². The Hall–Kier alpha value is -0.770. The van der Waals surface area contributed by atoms with Crippen molar-refractivity contribution in [1.82, 2.24) is 19.4 Å². The Bertz CT molecular complexity index is 531. The van der Waals surface area contributed by atoms with Crippen LogP contribution in [0.25, 0.3) is 0 Å². The molecule has 18 heavy (non-hydrogen) atoms. The summed E-state index contributed by atoms with van der Waals surface area (Å²) in [6.45, 7) is 2.66. The second-order valence-electron chi connectivity index (χ2n) is 4.58. The van der Waals surface area contributed by atoms with Crippen LogP contribution in [0.1, 0.15) is 12.8 Å². The van der Waals surface area contributed by atoms with E-state index in [-0.39, 0.29) is 9.47 Å². The zero-order valence-corrected chi connectivity index (χ0v) is 11.5. The molecule has 7 nitrogen and oxygen atoms in total. The van der Waals surface area contributed by atoms with Gasteiger partial charge in [-0.1, -0.05) is 11.3 Å². The molecule has 1 aliphatic heterocycles. The normalized spacial score (nSPS) is 23.3.